The monoisotopic (exact) mass is 310 g/mol. The fourth-order valence-electron chi connectivity index (χ4n) is 1.18. The first-order valence-corrected chi connectivity index (χ1v) is 7.34. The Morgan fingerprint density at radius 3 is 0.933 bits per heavy atom. The maximum absolute atomic E-state index is 4.57. The molecule has 0 nitrogen and oxygen atoms in total. The van der Waals surface area contributed by atoms with Crippen LogP contribution in [0.4, 0.5) is 0 Å². The van der Waals surface area contributed by atoms with Gasteiger partial charge in [0.2, 0.25) is 0 Å². The fraction of sp³-hybridized carbons (Fsp3) is 0.308. The van der Waals surface area contributed by atoms with Crippen molar-refractivity contribution in [3.05, 3.63) is 56.4 Å². The molecule has 15 heavy (non-hydrogen) atoms. The van der Waals surface area contributed by atoms with Gasteiger partial charge in [0, 0.05) is 0 Å². The van der Waals surface area contributed by atoms with Crippen molar-refractivity contribution in [1.82, 2.24) is 0 Å². The fourth-order valence-corrected chi connectivity index (χ4v) is 1.18. The van der Waals surface area contributed by atoms with E-state index in [1.165, 1.54) is 25.7 Å². The van der Waals surface area contributed by atoms with Crippen LogP contribution >= 0.6 is 9.69 Å². The van der Waals surface area contributed by atoms with Crippen molar-refractivity contribution in [2.24, 2.45) is 0 Å². The zero-order valence-electron chi connectivity index (χ0n) is 8.76. The third-order valence-electron chi connectivity index (χ3n) is 1.89. The molecule has 0 spiro atoms. The van der Waals surface area contributed by atoms with Crippen LogP contribution < -0.4 is 0 Å². The third-order valence-corrected chi connectivity index (χ3v) is 1.89. The van der Waals surface area contributed by atoms with Gasteiger partial charge in [0.1, 0.15) is 0 Å². The van der Waals surface area contributed by atoms with Crippen molar-refractivity contribution in [1.29, 1.82) is 0 Å². The van der Waals surface area contributed by atoms with Gasteiger partial charge in [0.05, 0.1) is 0 Å². The van der Waals surface area contributed by atoms with Crippen LogP contribution in [0.1, 0.15) is 25.7 Å². The van der Waals surface area contributed by atoms with Crippen LogP contribution in [0.2, 0.25) is 0 Å². The number of halogens is 1. The Kier molecular flexibility index (Phi) is 14.8. The first-order chi connectivity index (χ1) is 7.50. The average Bonchev–Trinajstić information content (AvgIpc) is 2.77. The molecule has 0 aromatic heterocycles. The zero-order chi connectivity index (χ0) is 11.2. The van der Waals surface area contributed by atoms with Crippen LogP contribution in [0.15, 0.2) is 24.3 Å². The van der Waals surface area contributed by atoms with Crippen LogP contribution in [-0.4, -0.2) is 0 Å². The predicted molar refractivity (Wildman–Crippen MR) is 64.1 cm³/mol. The van der Waals surface area contributed by atoms with Gasteiger partial charge >= 0.3 is 27.0 Å². The van der Waals surface area contributed by atoms with E-state index in [1.807, 2.05) is 49.4 Å². The van der Waals surface area contributed by atoms with Crippen molar-refractivity contribution >= 4 is 9.69 Å². The van der Waals surface area contributed by atoms with Gasteiger partial charge in [-0.15, -0.1) is 0 Å². The minimum absolute atomic E-state index is 1.23. The number of hydrogen-bond donors (Lipinski definition) is 0. The van der Waals surface area contributed by atoms with Crippen molar-refractivity contribution in [2.75, 3.05) is 0 Å². The molecule has 2 aliphatic rings. The van der Waals surface area contributed by atoms with Gasteiger partial charge in [-0.25, -0.2) is 0 Å². The normalized spacial score (nSPS) is 23.3. The molecule has 5 radical (unpaired) electrons. The number of rotatable bonds is 0. The molecule has 0 aliphatic heterocycles. The molecule has 2 aliphatic carbocycles. The van der Waals surface area contributed by atoms with E-state index in [0.29, 0.717) is 0 Å². The van der Waals surface area contributed by atoms with Crippen LogP contribution in [0.3, 0.4) is 0 Å². The van der Waals surface area contributed by atoms with E-state index in [9.17, 15) is 0 Å². The standard InChI is InChI=1S/C8H12.C5H5.ClH.Ru/c1-2-4-6-8-7-5-3-1;1-2-4-5-3-1;;/h1-2,7-8H,3-6H2;1-5H;1H;/q;;;+2/p-1/b2-1-,8-7-;;;. The zero-order valence-corrected chi connectivity index (χ0v) is 11.3. The summed E-state index contributed by atoms with van der Waals surface area (Å²) < 4.78 is 0. The van der Waals surface area contributed by atoms with E-state index in [-0.39, 0.29) is 0 Å². The van der Waals surface area contributed by atoms with Crippen molar-refractivity contribution in [3.63, 3.8) is 0 Å². The molecule has 0 N–H and O–H groups in total. The second-order valence-corrected chi connectivity index (χ2v) is 3.06. The minimum atomic E-state index is 1.23. The van der Waals surface area contributed by atoms with Crippen LogP contribution in [-0.2, 0) is 17.3 Å². The Hall–Kier alpha value is 0.393. The van der Waals surface area contributed by atoms with Gasteiger partial charge in [-0.3, -0.25) is 0 Å². The molecular weight excluding hydrogens is 293 g/mol. The maximum atomic E-state index is 4.57. The molecule has 2 heteroatoms. The van der Waals surface area contributed by atoms with Crippen molar-refractivity contribution in [2.45, 2.75) is 25.7 Å². The molecule has 0 bridgehead atoms. The third kappa shape index (κ3) is 12.3. The van der Waals surface area contributed by atoms with E-state index in [2.05, 4.69) is 34.0 Å². The summed E-state index contributed by atoms with van der Waals surface area (Å²) in [5, 5.41) is 0. The summed E-state index contributed by atoms with van der Waals surface area (Å²) in [7, 11) is 4.57. The molecule has 83 valence electrons. The Morgan fingerprint density at radius 1 is 0.533 bits per heavy atom. The molecule has 0 saturated heterocycles. The van der Waals surface area contributed by atoms with Gasteiger partial charge in [-0.1, -0.05) is 24.3 Å². The second kappa shape index (κ2) is 14.4. The molecule has 0 unspecified atom stereocenters. The van der Waals surface area contributed by atoms with E-state index >= 15 is 0 Å². The Bertz CT molecular complexity index is 126. The molecule has 0 atom stereocenters. The quantitative estimate of drug-likeness (QED) is 0.460. The van der Waals surface area contributed by atoms with E-state index in [4.69, 9.17) is 0 Å². The summed E-state index contributed by atoms with van der Waals surface area (Å²) in [6.45, 7) is 0. The van der Waals surface area contributed by atoms with Crippen LogP contribution in [0.25, 0.3) is 0 Å². The Labute approximate surface area is 109 Å². The summed E-state index contributed by atoms with van der Waals surface area (Å²) in [4.78, 5) is 0. The SMILES string of the molecule is C1=C\CC/C=C\CC/1.[CH]1[CH][CH][CH][CH]1.[Cl][Ru+]. The molecule has 1 fully saturated rings. The van der Waals surface area contributed by atoms with Gasteiger partial charge in [0.15, 0.2) is 0 Å². The number of allylic oxidation sites excluding steroid dienone is 4. The van der Waals surface area contributed by atoms with Crippen molar-refractivity contribution < 1.29 is 17.3 Å². The topological polar surface area (TPSA) is 0 Å². The van der Waals surface area contributed by atoms with Gasteiger partial charge in [0.25, 0.3) is 0 Å². The molecule has 1 saturated carbocycles. The second-order valence-electron chi connectivity index (χ2n) is 3.06. The summed E-state index contributed by atoms with van der Waals surface area (Å²) >= 11 is 1.82. The van der Waals surface area contributed by atoms with Crippen LogP contribution in [0, 0.1) is 32.1 Å². The van der Waals surface area contributed by atoms with Crippen molar-refractivity contribution in [3.8, 4) is 0 Å². The average molecular weight is 310 g/mol. The summed E-state index contributed by atoms with van der Waals surface area (Å²) in [6.07, 6.45) is 24.0. The molecule has 0 heterocycles. The molecule has 0 aromatic rings. The molecule has 0 aromatic carbocycles. The first kappa shape index (κ1) is 15.4. The molecule has 0 amide bonds. The molecular formula is C13H17ClRu+. The predicted octanol–water partition coefficient (Wildman–Crippen LogP) is 4.38. The summed E-state index contributed by atoms with van der Waals surface area (Å²) in [5.41, 5.74) is 0. The van der Waals surface area contributed by atoms with Gasteiger partial charge < -0.3 is 0 Å². The summed E-state index contributed by atoms with van der Waals surface area (Å²) in [5.74, 6) is 0. The number of hydrogen-bond acceptors (Lipinski definition) is 0. The Balaban J connectivity index is 0.000000241. The van der Waals surface area contributed by atoms with E-state index in [0.717, 1.165) is 0 Å². The summed E-state index contributed by atoms with van der Waals surface area (Å²) in [6, 6.07) is 0. The van der Waals surface area contributed by atoms with Gasteiger partial charge in [-0.05, 0) is 57.8 Å². The van der Waals surface area contributed by atoms with Crippen LogP contribution in [0.5, 0.6) is 0 Å². The Morgan fingerprint density at radius 2 is 0.733 bits per heavy atom. The van der Waals surface area contributed by atoms with E-state index < -0.39 is 0 Å². The first-order valence-electron chi connectivity index (χ1n) is 5.10. The van der Waals surface area contributed by atoms with E-state index in [1.54, 1.807) is 0 Å². The van der Waals surface area contributed by atoms with Gasteiger partial charge in [-0.2, -0.15) is 0 Å². The molecule has 2 rings (SSSR count).